The Morgan fingerprint density at radius 1 is 1.25 bits per heavy atom. The van der Waals surface area contributed by atoms with Gasteiger partial charge in [-0.15, -0.1) is 0 Å². The Morgan fingerprint density at radius 3 is 2.70 bits per heavy atom. The second kappa shape index (κ2) is 4.88. The highest BCUT2D eigenvalue weighted by Gasteiger charge is 2.41. The Kier molecular flexibility index (Phi) is 3.06. The number of imide groups is 1. The average molecular weight is 273 g/mol. The molecule has 0 bridgehead atoms. The standard InChI is InChI=1S/C14H15N3O3/c1-20-10-4-2-9(3-5-10)8-17-13(18)12-11(6-7-15-12)16-14(17)19/h2-7,11-12,15H,8H2,1H3,(H,16,19)/t11-,12-/m1/s1. The van der Waals surface area contributed by atoms with Crippen LogP contribution in [0.2, 0.25) is 0 Å². The van der Waals surface area contributed by atoms with Crippen LogP contribution in [-0.4, -0.2) is 36.0 Å². The maximum Gasteiger partial charge on any atom is 0.325 e. The SMILES string of the molecule is COc1ccc(CN2C(=O)N[C@@H]3C=CN[C@H]3C2=O)cc1. The zero-order valence-electron chi connectivity index (χ0n) is 11.0. The fraction of sp³-hybridized carbons (Fsp3) is 0.286. The van der Waals surface area contributed by atoms with E-state index < -0.39 is 6.04 Å². The van der Waals surface area contributed by atoms with Gasteiger partial charge < -0.3 is 15.4 Å². The van der Waals surface area contributed by atoms with Crippen molar-refractivity contribution in [1.82, 2.24) is 15.5 Å². The van der Waals surface area contributed by atoms with E-state index in [1.54, 1.807) is 31.5 Å². The van der Waals surface area contributed by atoms with Crippen LogP contribution in [0.5, 0.6) is 5.75 Å². The van der Waals surface area contributed by atoms with Crippen LogP contribution >= 0.6 is 0 Å². The molecule has 2 atom stereocenters. The molecule has 1 aromatic rings. The van der Waals surface area contributed by atoms with Crippen molar-refractivity contribution in [2.45, 2.75) is 18.6 Å². The lowest BCUT2D eigenvalue weighted by atomic mass is 10.1. The number of ether oxygens (including phenoxy) is 1. The van der Waals surface area contributed by atoms with Gasteiger partial charge in [-0.25, -0.2) is 4.79 Å². The Bertz CT molecular complexity index is 568. The van der Waals surface area contributed by atoms with Gasteiger partial charge in [0, 0.05) is 0 Å². The first kappa shape index (κ1) is 12.5. The minimum atomic E-state index is -0.397. The topological polar surface area (TPSA) is 70.7 Å². The lowest BCUT2D eigenvalue weighted by molar-refractivity contribution is -0.132. The highest BCUT2D eigenvalue weighted by Crippen LogP contribution is 2.18. The van der Waals surface area contributed by atoms with Gasteiger partial charge in [-0.2, -0.15) is 0 Å². The maximum atomic E-state index is 12.3. The summed E-state index contributed by atoms with van der Waals surface area (Å²) in [6.07, 6.45) is 3.48. The summed E-state index contributed by atoms with van der Waals surface area (Å²) in [4.78, 5) is 25.5. The van der Waals surface area contributed by atoms with Crippen LogP contribution in [-0.2, 0) is 11.3 Å². The Labute approximate surface area is 116 Å². The number of methoxy groups -OCH3 is 1. The van der Waals surface area contributed by atoms with E-state index in [1.807, 2.05) is 12.1 Å². The van der Waals surface area contributed by atoms with Crippen LogP contribution in [0, 0.1) is 0 Å². The van der Waals surface area contributed by atoms with Crippen molar-refractivity contribution in [3.05, 3.63) is 42.1 Å². The molecule has 0 radical (unpaired) electrons. The molecule has 6 heteroatoms. The Morgan fingerprint density at radius 2 is 2.00 bits per heavy atom. The molecule has 1 fully saturated rings. The summed E-state index contributed by atoms with van der Waals surface area (Å²) in [7, 11) is 1.59. The summed E-state index contributed by atoms with van der Waals surface area (Å²) in [5.41, 5.74) is 0.874. The number of hydrogen-bond donors (Lipinski definition) is 2. The molecule has 20 heavy (non-hydrogen) atoms. The highest BCUT2D eigenvalue weighted by molar-refractivity contribution is 6.01. The molecule has 3 amide bonds. The van der Waals surface area contributed by atoms with Crippen molar-refractivity contribution in [3.63, 3.8) is 0 Å². The van der Waals surface area contributed by atoms with E-state index in [2.05, 4.69) is 10.6 Å². The number of benzene rings is 1. The molecule has 0 aliphatic carbocycles. The van der Waals surface area contributed by atoms with E-state index in [4.69, 9.17) is 4.74 Å². The highest BCUT2D eigenvalue weighted by atomic mass is 16.5. The lowest BCUT2D eigenvalue weighted by Gasteiger charge is -2.33. The van der Waals surface area contributed by atoms with Crippen LogP contribution in [0.4, 0.5) is 4.79 Å². The van der Waals surface area contributed by atoms with Crippen molar-refractivity contribution in [3.8, 4) is 5.75 Å². The van der Waals surface area contributed by atoms with Crippen molar-refractivity contribution in [2.24, 2.45) is 0 Å². The van der Waals surface area contributed by atoms with Crippen molar-refractivity contribution < 1.29 is 14.3 Å². The van der Waals surface area contributed by atoms with Crippen LogP contribution < -0.4 is 15.4 Å². The molecule has 104 valence electrons. The first-order valence-electron chi connectivity index (χ1n) is 6.36. The molecule has 0 unspecified atom stereocenters. The van der Waals surface area contributed by atoms with Gasteiger partial charge in [-0.1, -0.05) is 12.1 Å². The van der Waals surface area contributed by atoms with Crippen molar-refractivity contribution in [2.75, 3.05) is 7.11 Å². The molecule has 3 rings (SSSR count). The van der Waals surface area contributed by atoms with Gasteiger partial charge in [0.1, 0.15) is 11.8 Å². The molecular formula is C14H15N3O3. The largest absolute Gasteiger partial charge is 0.497 e. The summed E-state index contributed by atoms with van der Waals surface area (Å²) >= 11 is 0. The van der Waals surface area contributed by atoms with Crippen LogP contribution in [0.3, 0.4) is 0 Å². The second-order valence-corrected chi connectivity index (χ2v) is 4.75. The first-order chi connectivity index (χ1) is 9.69. The average Bonchev–Trinajstić information content (AvgIpc) is 2.92. The third kappa shape index (κ3) is 2.09. The van der Waals surface area contributed by atoms with Crippen LogP contribution in [0.25, 0.3) is 0 Å². The van der Waals surface area contributed by atoms with Gasteiger partial charge in [0.05, 0.1) is 19.7 Å². The van der Waals surface area contributed by atoms with Gasteiger partial charge >= 0.3 is 6.03 Å². The molecule has 0 aromatic heterocycles. The number of nitrogens with one attached hydrogen (secondary N) is 2. The summed E-state index contributed by atoms with van der Waals surface area (Å²) in [6, 6.07) is 6.28. The van der Waals surface area contributed by atoms with E-state index in [0.29, 0.717) is 0 Å². The van der Waals surface area contributed by atoms with Gasteiger partial charge in [-0.05, 0) is 30.0 Å². The van der Waals surface area contributed by atoms with Crippen molar-refractivity contribution >= 4 is 11.9 Å². The quantitative estimate of drug-likeness (QED) is 0.846. The van der Waals surface area contributed by atoms with Crippen molar-refractivity contribution in [1.29, 1.82) is 0 Å². The molecule has 2 aliphatic rings. The smallest absolute Gasteiger partial charge is 0.325 e. The summed E-state index contributed by atoms with van der Waals surface area (Å²) in [6.45, 7) is 0.250. The molecule has 2 heterocycles. The zero-order valence-corrected chi connectivity index (χ0v) is 11.0. The van der Waals surface area contributed by atoms with Gasteiger partial charge in [0.25, 0.3) is 5.91 Å². The Hall–Kier alpha value is -2.50. The predicted molar refractivity (Wildman–Crippen MR) is 71.9 cm³/mol. The number of nitrogens with zero attached hydrogens (tertiary/aromatic N) is 1. The number of rotatable bonds is 3. The van der Waals surface area contributed by atoms with Gasteiger partial charge in [0.2, 0.25) is 0 Å². The van der Waals surface area contributed by atoms with E-state index in [9.17, 15) is 9.59 Å². The predicted octanol–water partition coefficient (Wildman–Crippen LogP) is 0.601. The Balaban J connectivity index is 1.75. The third-order valence-corrected chi connectivity index (χ3v) is 3.51. The fourth-order valence-corrected chi connectivity index (χ4v) is 2.39. The number of urea groups is 1. The van der Waals surface area contributed by atoms with E-state index in [1.165, 1.54) is 4.90 Å². The minimum absolute atomic E-state index is 0.209. The van der Waals surface area contributed by atoms with Crippen LogP contribution in [0.1, 0.15) is 5.56 Å². The maximum absolute atomic E-state index is 12.3. The molecule has 0 spiro atoms. The fourth-order valence-electron chi connectivity index (χ4n) is 2.39. The number of amides is 3. The molecule has 0 saturated carbocycles. The second-order valence-electron chi connectivity index (χ2n) is 4.75. The number of fused-ring (bicyclic) bond motifs is 1. The first-order valence-corrected chi connectivity index (χ1v) is 6.36. The molecule has 2 N–H and O–H groups in total. The monoisotopic (exact) mass is 273 g/mol. The molecule has 6 nitrogen and oxygen atoms in total. The van der Waals surface area contributed by atoms with Gasteiger partial charge in [0.15, 0.2) is 0 Å². The summed E-state index contributed by atoms with van der Waals surface area (Å²) in [5.74, 6) is 0.532. The third-order valence-electron chi connectivity index (χ3n) is 3.51. The molecule has 1 saturated heterocycles. The molecule has 1 aromatic carbocycles. The van der Waals surface area contributed by atoms with E-state index >= 15 is 0 Å². The summed E-state index contributed by atoms with van der Waals surface area (Å²) < 4.78 is 5.08. The molecule has 2 aliphatic heterocycles. The van der Waals surface area contributed by atoms with Crippen LogP contribution in [0.15, 0.2) is 36.5 Å². The van der Waals surface area contributed by atoms with E-state index in [0.717, 1.165) is 11.3 Å². The zero-order chi connectivity index (χ0) is 14.1. The number of carbonyl (C=O) groups excluding carboxylic acids is 2. The number of carbonyl (C=O) groups is 2. The minimum Gasteiger partial charge on any atom is -0.497 e. The lowest BCUT2D eigenvalue weighted by Crippen LogP contribution is -2.63. The normalized spacial score (nSPS) is 24.1. The number of hydrogen-bond acceptors (Lipinski definition) is 4. The van der Waals surface area contributed by atoms with E-state index in [-0.39, 0.29) is 24.5 Å². The summed E-state index contributed by atoms with van der Waals surface area (Å²) in [5, 5.41) is 5.75. The van der Waals surface area contributed by atoms with Gasteiger partial charge in [-0.3, -0.25) is 9.69 Å². The molecular weight excluding hydrogens is 258 g/mol.